The molecular weight excluding hydrogens is 411 g/mol. The summed E-state index contributed by atoms with van der Waals surface area (Å²) in [7, 11) is 1.99. The number of likely N-dealkylation sites (N-methyl/N-ethyl adjacent to an activating group) is 1. The highest BCUT2D eigenvalue weighted by Crippen LogP contribution is 2.19. The van der Waals surface area contributed by atoms with Gasteiger partial charge in [0.15, 0.2) is 0 Å². The number of carbonyl (C=O) groups excluding carboxylic acids is 1. The average Bonchev–Trinajstić information content (AvgIpc) is 3.14. The van der Waals surface area contributed by atoms with Crippen LogP contribution in [0, 0.1) is 0 Å². The fraction of sp³-hybridized carbons (Fsp3) is 0.550. The first-order chi connectivity index (χ1) is 13.1. The average molecular weight is 441 g/mol. The third-order valence-corrected chi connectivity index (χ3v) is 5.76. The predicted molar refractivity (Wildman–Crippen MR) is 118 cm³/mol. The molecule has 1 aromatic heterocycles. The van der Waals surface area contributed by atoms with Gasteiger partial charge in [0.1, 0.15) is 11.6 Å². The van der Waals surface area contributed by atoms with Gasteiger partial charge in [-0.1, -0.05) is 30.3 Å². The fourth-order valence-corrected chi connectivity index (χ4v) is 4.23. The molecule has 0 bridgehead atoms. The molecule has 7 nitrogen and oxygen atoms in total. The highest BCUT2D eigenvalue weighted by molar-refractivity contribution is 5.85. The number of nitrogens with two attached hydrogens (primary N) is 1. The van der Waals surface area contributed by atoms with Crippen LogP contribution in [0.3, 0.4) is 0 Å². The summed E-state index contributed by atoms with van der Waals surface area (Å²) in [5.74, 6) is 2.21. The quantitative estimate of drug-likeness (QED) is 0.775. The predicted octanol–water partition coefficient (Wildman–Crippen LogP) is 1.32. The summed E-state index contributed by atoms with van der Waals surface area (Å²) in [5.41, 5.74) is 7.34. The van der Waals surface area contributed by atoms with Crippen molar-refractivity contribution in [1.29, 1.82) is 0 Å². The van der Waals surface area contributed by atoms with Crippen LogP contribution < -0.4 is 5.73 Å². The van der Waals surface area contributed by atoms with Crippen molar-refractivity contribution in [2.75, 3.05) is 26.7 Å². The molecule has 2 aliphatic heterocycles. The van der Waals surface area contributed by atoms with E-state index in [1.807, 2.05) is 18.0 Å². The van der Waals surface area contributed by atoms with Crippen molar-refractivity contribution < 1.29 is 4.79 Å². The summed E-state index contributed by atoms with van der Waals surface area (Å²) in [6.07, 6.45) is 3.32. The molecule has 1 aromatic carbocycles. The summed E-state index contributed by atoms with van der Waals surface area (Å²) < 4.78 is 2.21. The van der Waals surface area contributed by atoms with Crippen molar-refractivity contribution in [2.24, 2.45) is 5.73 Å². The number of aryl methyl sites for hydroxylation is 2. The third kappa shape index (κ3) is 5.28. The van der Waals surface area contributed by atoms with Crippen LogP contribution in [-0.4, -0.2) is 69.2 Å². The van der Waals surface area contributed by atoms with E-state index in [1.165, 1.54) is 5.56 Å². The smallest absolute Gasteiger partial charge is 0.240 e. The van der Waals surface area contributed by atoms with E-state index in [1.54, 1.807) is 0 Å². The first-order valence-electron chi connectivity index (χ1n) is 9.81. The molecule has 4 rings (SSSR count). The van der Waals surface area contributed by atoms with Gasteiger partial charge in [0.25, 0.3) is 0 Å². The van der Waals surface area contributed by atoms with Crippen molar-refractivity contribution in [1.82, 2.24) is 24.6 Å². The van der Waals surface area contributed by atoms with E-state index in [-0.39, 0.29) is 42.8 Å². The molecule has 9 heteroatoms. The van der Waals surface area contributed by atoms with Gasteiger partial charge in [-0.2, -0.15) is 0 Å². The van der Waals surface area contributed by atoms with E-state index >= 15 is 0 Å². The second-order valence-electron chi connectivity index (χ2n) is 7.70. The van der Waals surface area contributed by atoms with Gasteiger partial charge in [0.2, 0.25) is 5.91 Å². The van der Waals surface area contributed by atoms with E-state index in [2.05, 4.69) is 43.9 Å². The van der Waals surface area contributed by atoms with Crippen LogP contribution in [0.2, 0.25) is 0 Å². The molecule has 0 unspecified atom stereocenters. The Morgan fingerprint density at radius 1 is 1.10 bits per heavy atom. The Morgan fingerprint density at radius 2 is 1.86 bits per heavy atom. The largest absolute Gasteiger partial charge is 0.339 e. The third-order valence-electron chi connectivity index (χ3n) is 5.76. The second kappa shape index (κ2) is 10.4. The molecule has 1 amide bonds. The minimum Gasteiger partial charge on any atom is -0.339 e. The van der Waals surface area contributed by atoms with Gasteiger partial charge in [-0.25, -0.2) is 0 Å². The molecule has 2 atom stereocenters. The maximum atomic E-state index is 13.0. The lowest BCUT2D eigenvalue weighted by Gasteiger charge is -2.27. The molecule has 0 saturated carbocycles. The van der Waals surface area contributed by atoms with E-state index in [9.17, 15) is 4.79 Å². The van der Waals surface area contributed by atoms with Crippen molar-refractivity contribution in [2.45, 2.75) is 44.3 Å². The number of hydrogen-bond acceptors (Lipinski definition) is 5. The van der Waals surface area contributed by atoms with E-state index in [0.717, 1.165) is 50.4 Å². The molecule has 0 spiro atoms. The van der Waals surface area contributed by atoms with Crippen molar-refractivity contribution >= 4 is 30.7 Å². The number of rotatable bonds is 4. The summed E-state index contributed by atoms with van der Waals surface area (Å²) in [5, 5.41) is 8.80. The summed E-state index contributed by atoms with van der Waals surface area (Å²) >= 11 is 0. The Kier molecular flexibility index (Phi) is 8.46. The Labute approximate surface area is 184 Å². The Bertz CT molecular complexity index is 800. The van der Waals surface area contributed by atoms with Crippen molar-refractivity contribution in [3.8, 4) is 0 Å². The van der Waals surface area contributed by atoms with Crippen LogP contribution >= 0.6 is 24.8 Å². The lowest BCUT2D eigenvalue weighted by molar-refractivity contribution is -0.135. The first-order valence-corrected chi connectivity index (χ1v) is 9.81. The zero-order valence-corrected chi connectivity index (χ0v) is 18.4. The van der Waals surface area contributed by atoms with Gasteiger partial charge < -0.3 is 15.2 Å². The number of amides is 1. The molecule has 2 aromatic rings. The Balaban J connectivity index is 0.00000150. The molecule has 2 aliphatic rings. The molecule has 160 valence electrons. The summed E-state index contributed by atoms with van der Waals surface area (Å²) in [6.45, 7) is 2.97. The number of benzene rings is 1. The number of carbonyl (C=O) groups is 1. The minimum absolute atomic E-state index is 0. The highest BCUT2D eigenvalue weighted by atomic mass is 35.5. The van der Waals surface area contributed by atoms with E-state index in [0.29, 0.717) is 13.1 Å². The molecule has 2 N–H and O–H groups in total. The molecule has 3 heterocycles. The van der Waals surface area contributed by atoms with Crippen LogP contribution in [-0.2, 0) is 30.6 Å². The van der Waals surface area contributed by atoms with Gasteiger partial charge >= 0.3 is 0 Å². The lowest BCUT2D eigenvalue weighted by atomic mass is 10.1. The lowest BCUT2D eigenvalue weighted by Crippen LogP contribution is -2.45. The van der Waals surface area contributed by atoms with Gasteiger partial charge in [0, 0.05) is 45.1 Å². The van der Waals surface area contributed by atoms with Crippen LogP contribution in [0.15, 0.2) is 30.3 Å². The van der Waals surface area contributed by atoms with Gasteiger partial charge in [-0.05, 0) is 25.5 Å². The fourth-order valence-electron chi connectivity index (χ4n) is 4.23. The number of halogens is 2. The second-order valence-corrected chi connectivity index (χ2v) is 7.70. The van der Waals surface area contributed by atoms with Crippen LogP contribution in [0.25, 0.3) is 0 Å². The number of nitrogens with zero attached hydrogens (tertiary/aromatic N) is 5. The van der Waals surface area contributed by atoms with Crippen LogP contribution in [0.4, 0.5) is 0 Å². The minimum atomic E-state index is -0.0823. The van der Waals surface area contributed by atoms with E-state index in [4.69, 9.17) is 5.73 Å². The zero-order chi connectivity index (χ0) is 18.8. The number of likely N-dealkylation sites (tertiary alicyclic amines) is 1. The highest BCUT2D eigenvalue weighted by Gasteiger charge is 2.35. The molecular formula is C20H30Cl2N6O. The zero-order valence-electron chi connectivity index (χ0n) is 16.7. The van der Waals surface area contributed by atoms with Crippen molar-refractivity contribution in [3.63, 3.8) is 0 Å². The van der Waals surface area contributed by atoms with E-state index < -0.39 is 0 Å². The molecule has 0 aliphatic carbocycles. The maximum Gasteiger partial charge on any atom is 0.240 e. The van der Waals surface area contributed by atoms with Crippen LogP contribution in [0.5, 0.6) is 0 Å². The van der Waals surface area contributed by atoms with Gasteiger partial charge in [0.05, 0.1) is 6.04 Å². The number of aromatic nitrogens is 3. The maximum absolute atomic E-state index is 13.0. The molecule has 29 heavy (non-hydrogen) atoms. The first kappa shape index (κ1) is 23.6. The normalized spacial score (nSPS) is 21.7. The van der Waals surface area contributed by atoms with Gasteiger partial charge in [-0.15, -0.1) is 35.0 Å². The molecule has 1 fully saturated rings. The molecule has 0 radical (unpaired) electrons. The number of hydrogen-bond donors (Lipinski definition) is 1. The molecule has 1 saturated heterocycles. The summed E-state index contributed by atoms with van der Waals surface area (Å²) in [4.78, 5) is 17.0. The topological polar surface area (TPSA) is 80.3 Å². The van der Waals surface area contributed by atoms with Crippen LogP contribution in [0.1, 0.15) is 23.6 Å². The Hall–Kier alpha value is -1.67. The SMILES string of the molecule is CN1C[C@@H](N)C[C@H]1C(=O)N1CCc2nnc(CCc3ccccc3)n2CC1.Cl.Cl. The van der Waals surface area contributed by atoms with Crippen molar-refractivity contribution in [3.05, 3.63) is 47.5 Å². The summed E-state index contributed by atoms with van der Waals surface area (Å²) in [6, 6.07) is 10.5. The Morgan fingerprint density at radius 3 is 2.55 bits per heavy atom. The monoisotopic (exact) mass is 440 g/mol. The standard InChI is InChI=1S/C20H28N6O.2ClH/c1-24-14-16(21)13-17(24)20(27)25-10-9-19-23-22-18(26(19)12-11-25)8-7-15-5-3-2-4-6-15;;/h2-6,16-17H,7-14,21H2,1H3;2*1H/t16-,17-;;/m0../s1. The van der Waals surface area contributed by atoms with Gasteiger partial charge in [-0.3, -0.25) is 9.69 Å². The number of fused-ring (bicyclic) bond motifs is 1.